The van der Waals surface area contributed by atoms with Crippen LogP contribution in [0.25, 0.3) is 0 Å². The van der Waals surface area contributed by atoms with Crippen molar-refractivity contribution in [1.29, 1.82) is 0 Å². The quantitative estimate of drug-likeness (QED) is 0.658. The van der Waals surface area contributed by atoms with Crippen LogP contribution in [0.1, 0.15) is 28.3 Å². The van der Waals surface area contributed by atoms with Crippen molar-refractivity contribution in [2.75, 3.05) is 0 Å². The van der Waals surface area contributed by atoms with Crippen molar-refractivity contribution in [3.63, 3.8) is 0 Å². The first-order valence-corrected chi connectivity index (χ1v) is 6.01. The summed E-state index contributed by atoms with van der Waals surface area (Å²) in [5.74, 6) is 4.85. The fourth-order valence-electron chi connectivity index (χ4n) is 2.05. The van der Waals surface area contributed by atoms with Gasteiger partial charge < -0.3 is 0 Å². The minimum absolute atomic E-state index is 0.327. The van der Waals surface area contributed by atoms with Gasteiger partial charge in [0.1, 0.15) is 11.6 Å². The van der Waals surface area contributed by atoms with Gasteiger partial charge in [0, 0.05) is 5.56 Å². The largest absolute Gasteiger partial charge is 0.271 e. The van der Waals surface area contributed by atoms with Gasteiger partial charge in [0.15, 0.2) is 0 Å². The molecule has 2 rings (SSSR count). The highest BCUT2D eigenvalue weighted by molar-refractivity contribution is 5.36. The van der Waals surface area contributed by atoms with Crippen molar-refractivity contribution < 1.29 is 8.78 Å². The molecule has 0 bridgehead atoms. The highest BCUT2D eigenvalue weighted by Crippen LogP contribution is 2.26. The lowest BCUT2D eigenvalue weighted by Crippen LogP contribution is -2.29. The predicted molar refractivity (Wildman–Crippen MR) is 71.4 cm³/mol. The smallest absolute Gasteiger partial charge is 0.131 e. The zero-order valence-corrected chi connectivity index (χ0v) is 10.9. The van der Waals surface area contributed by atoms with E-state index in [0.717, 1.165) is 0 Å². The van der Waals surface area contributed by atoms with Crippen LogP contribution in [-0.4, -0.2) is 0 Å². The molecule has 0 fully saturated rings. The Bertz CT molecular complexity index is 597. The summed E-state index contributed by atoms with van der Waals surface area (Å²) in [5, 5.41) is 0. The second-order valence-corrected chi connectivity index (χ2v) is 4.59. The van der Waals surface area contributed by atoms with Crippen molar-refractivity contribution in [3.05, 3.63) is 70.3 Å². The Morgan fingerprint density at radius 3 is 2.42 bits per heavy atom. The van der Waals surface area contributed by atoms with E-state index in [9.17, 15) is 8.78 Å². The molecular formula is C15H16F2N2. The predicted octanol–water partition coefficient (Wildman–Crippen LogP) is 3.13. The second-order valence-electron chi connectivity index (χ2n) is 4.59. The first-order chi connectivity index (χ1) is 9.04. The Hall–Kier alpha value is -1.78. The molecule has 0 aliphatic carbocycles. The summed E-state index contributed by atoms with van der Waals surface area (Å²) in [6.45, 7) is 3.36. The maximum Gasteiger partial charge on any atom is 0.131 e. The van der Waals surface area contributed by atoms with E-state index in [1.54, 1.807) is 44.2 Å². The molecule has 4 heteroatoms. The highest BCUT2D eigenvalue weighted by Gasteiger charge is 2.18. The van der Waals surface area contributed by atoms with Crippen LogP contribution >= 0.6 is 0 Å². The standard InChI is InChI=1S/C15H16F2N2/c1-9-6-7-11(8-13(9)16)15(19-18)12-5-3-4-10(2)14(12)17/h3-8,15,19H,18H2,1-2H3. The Labute approximate surface area is 111 Å². The molecule has 0 spiro atoms. The van der Waals surface area contributed by atoms with E-state index in [-0.39, 0.29) is 11.6 Å². The van der Waals surface area contributed by atoms with Gasteiger partial charge in [-0.05, 0) is 36.6 Å². The van der Waals surface area contributed by atoms with Crippen LogP contribution in [0.2, 0.25) is 0 Å². The zero-order chi connectivity index (χ0) is 14.0. The molecule has 2 aromatic carbocycles. The topological polar surface area (TPSA) is 38.0 Å². The van der Waals surface area contributed by atoms with Crippen LogP contribution in [-0.2, 0) is 0 Å². The van der Waals surface area contributed by atoms with Crippen LogP contribution < -0.4 is 11.3 Å². The number of nitrogens with one attached hydrogen (secondary N) is 1. The molecule has 0 saturated heterocycles. The number of hydrogen-bond acceptors (Lipinski definition) is 2. The van der Waals surface area contributed by atoms with Crippen molar-refractivity contribution in [1.82, 2.24) is 5.43 Å². The summed E-state index contributed by atoms with van der Waals surface area (Å²) >= 11 is 0. The molecule has 0 aliphatic rings. The van der Waals surface area contributed by atoms with E-state index in [1.807, 2.05) is 0 Å². The number of aryl methyl sites for hydroxylation is 2. The summed E-state index contributed by atoms with van der Waals surface area (Å²) in [6, 6.07) is 9.28. The molecule has 3 N–H and O–H groups in total. The molecule has 2 aromatic rings. The van der Waals surface area contributed by atoms with E-state index in [1.165, 1.54) is 6.07 Å². The molecule has 0 heterocycles. The molecule has 0 aromatic heterocycles. The second kappa shape index (κ2) is 5.47. The highest BCUT2D eigenvalue weighted by atomic mass is 19.1. The van der Waals surface area contributed by atoms with Gasteiger partial charge in [-0.3, -0.25) is 5.84 Å². The third kappa shape index (κ3) is 2.64. The Morgan fingerprint density at radius 2 is 1.79 bits per heavy atom. The fourth-order valence-corrected chi connectivity index (χ4v) is 2.05. The summed E-state index contributed by atoms with van der Waals surface area (Å²) in [4.78, 5) is 0. The first kappa shape index (κ1) is 13.6. The average molecular weight is 262 g/mol. The maximum atomic E-state index is 14.1. The normalized spacial score (nSPS) is 12.5. The van der Waals surface area contributed by atoms with E-state index in [2.05, 4.69) is 5.43 Å². The van der Waals surface area contributed by atoms with Crippen LogP contribution in [0.3, 0.4) is 0 Å². The maximum absolute atomic E-state index is 14.1. The molecule has 100 valence electrons. The Kier molecular flexibility index (Phi) is 3.93. The summed E-state index contributed by atoms with van der Waals surface area (Å²) < 4.78 is 27.7. The molecule has 0 radical (unpaired) electrons. The van der Waals surface area contributed by atoms with Gasteiger partial charge in [-0.25, -0.2) is 14.2 Å². The summed E-state index contributed by atoms with van der Waals surface area (Å²) in [6.07, 6.45) is 0. The van der Waals surface area contributed by atoms with E-state index < -0.39 is 6.04 Å². The number of nitrogens with two attached hydrogens (primary N) is 1. The van der Waals surface area contributed by atoms with Crippen LogP contribution in [0.5, 0.6) is 0 Å². The number of halogens is 2. The third-order valence-corrected chi connectivity index (χ3v) is 3.23. The van der Waals surface area contributed by atoms with E-state index >= 15 is 0 Å². The molecule has 0 saturated carbocycles. The van der Waals surface area contributed by atoms with E-state index in [4.69, 9.17) is 5.84 Å². The van der Waals surface area contributed by atoms with Crippen molar-refractivity contribution in [2.45, 2.75) is 19.9 Å². The first-order valence-electron chi connectivity index (χ1n) is 6.01. The molecular weight excluding hydrogens is 246 g/mol. The van der Waals surface area contributed by atoms with Crippen molar-refractivity contribution in [3.8, 4) is 0 Å². The zero-order valence-electron chi connectivity index (χ0n) is 10.9. The lowest BCUT2D eigenvalue weighted by molar-refractivity contribution is 0.550. The SMILES string of the molecule is Cc1ccc(C(NN)c2cccc(C)c2F)cc1F. The number of hydrogen-bond donors (Lipinski definition) is 2. The van der Waals surface area contributed by atoms with Gasteiger partial charge >= 0.3 is 0 Å². The molecule has 0 amide bonds. The summed E-state index contributed by atoms with van der Waals surface area (Å²) in [7, 11) is 0. The van der Waals surface area contributed by atoms with Crippen LogP contribution in [0.15, 0.2) is 36.4 Å². The van der Waals surface area contributed by atoms with Gasteiger partial charge in [-0.1, -0.05) is 30.3 Å². The lowest BCUT2D eigenvalue weighted by Gasteiger charge is -2.18. The van der Waals surface area contributed by atoms with Gasteiger partial charge in [0.2, 0.25) is 0 Å². The van der Waals surface area contributed by atoms with Crippen LogP contribution in [0.4, 0.5) is 8.78 Å². The third-order valence-electron chi connectivity index (χ3n) is 3.23. The fraction of sp³-hybridized carbons (Fsp3) is 0.200. The molecule has 2 nitrogen and oxygen atoms in total. The molecule has 0 aliphatic heterocycles. The van der Waals surface area contributed by atoms with E-state index in [0.29, 0.717) is 22.3 Å². The number of hydrazine groups is 1. The number of benzene rings is 2. The molecule has 19 heavy (non-hydrogen) atoms. The Morgan fingerprint density at radius 1 is 1.05 bits per heavy atom. The minimum Gasteiger partial charge on any atom is -0.271 e. The van der Waals surface area contributed by atoms with Gasteiger partial charge in [-0.15, -0.1) is 0 Å². The monoisotopic (exact) mass is 262 g/mol. The van der Waals surface area contributed by atoms with Crippen molar-refractivity contribution >= 4 is 0 Å². The average Bonchev–Trinajstić information content (AvgIpc) is 2.39. The molecule has 1 unspecified atom stereocenters. The van der Waals surface area contributed by atoms with Gasteiger partial charge in [0.05, 0.1) is 6.04 Å². The Balaban J connectivity index is 2.50. The molecule has 1 atom stereocenters. The number of rotatable bonds is 3. The lowest BCUT2D eigenvalue weighted by atomic mass is 9.96. The minimum atomic E-state index is -0.574. The van der Waals surface area contributed by atoms with Crippen LogP contribution in [0, 0.1) is 25.5 Å². The van der Waals surface area contributed by atoms with Crippen molar-refractivity contribution in [2.24, 2.45) is 5.84 Å². The summed E-state index contributed by atoms with van der Waals surface area (Å²) in [5.41, 5.74) is 4.62. The van der Waals surface area contributed by atoms with Gasteiger partial charge in [0.25, 0.3) is 0 Å². The van der Waals surface area contributed by atoms with Gasteiger partial charge in [-0.2, -0.15) is 0 Å².